The smallest absolute Gasteiger partial charge is 0.237 e. The fraction of sp³-hybridized carbons (Fsp3) is 0.909. The molecule has 2 rings (SSSR count). The van der Waals surface area contributed by atoms with Crippen molar-refractivity contribution in [3.05, 3.63) is 0 Å². The second-order valence-corrected chi connectivity index (χ2v) is 5.96. The first kappa shape index (κ1) is 11.3. The molecule has 1 aliphatic heterocycles. The fourth-order valence-electron chi connectivity index (χ4n) is 1.76. The highest BCUT2D eigenvalue weighted by atomic mass is 32.2. The number of rotatable bonds is 5. The first-order chi connectivity index (χ1) is 7.25. The molecule has 1 saturated carbocycles. The van der Waals surface area contributed by atoms with Gasteiger partial charge in [-0.2, -0.15) is 11.8 Å². The Morgan fingerprint density at radius 1 is 1.47 bits per heavy atom. The Morgan fingerprint density at radius 3 is 2.87 bits per heavy atom. The number of carbonyl (C=O) groups is 1. The lowest BCUT2D eigenvalue weighted by atomic mass is 10.2. The van der Waals surface area contributed by atoms with Gasteiger partial charge >= 0.3 is 0 Å². The Morgan fingerprint density at radius 2 is 2.27 bits per heavy atom. The maximum Gasteiger partial charge on any atom is 0.237 e. The van der Waals surface area contributed by atoms with Crippen LogP contribution in [0, 0.1) is 0 Å². The molecule has 2 fully saturated rings. The Kier molecular flexibility index (Phi) is 3.92. The van der Waals surface area contributed by atoms with E-state index in [0.717, 1.165) is 24.6 Å². The molecule has 2 N–H and O–H groups in total. The molecule has 86 valence electrons. The molecular formula is C11H20N2OS. The van der Waals surface area contributed by atoms with Crippen molar-refractivity contribution in [2.45, 2.75) is 49.9 Å². The number of hydrogen-bond acceptors (Lipinski definition) is 3. The van der Waals surface area contributed by atoms with E-state index in [2.05, 4.69) is 10.6 Å². The quantitative estimate of drug-likeness (QED) is 0.741. The summed E-state index contributed by atoms with van der Waals surface area (Å²) < 4.78 is 0. The molecule has 2 atom stereocenters. The largest absolute Gasteiger partial charge is 0.352 e. The van der Waals surface area contributed by atoms with Crippen molar-refractivity contribution in [3.8, 4) is 0 Å². The second-order valence-electron chi connectivity index (χ2n) is 4.55. The number of thioether (sulfide) groups is 1. The van der Waals surface area contributed by atoms with Gasteiger partial charge in [0.2, 0.25) is 5.91 Å². The predicted molar refractivity (Wildman–Crippen MR) is 64.1 cm³/mol. The lowest BCUT2D eigenvalue weighted by molar-refractivity contribution is -0.122. The molecule has 1 amide bonds. The van der Waals surface area contributed by atoms with Gasteiger partial charge in [0, 0.05) is 17.8 Å². The van der Waals surface area contributed by atoms with Crippen LogP contribution < -0.4 is 10.6 Å². The lowest BCUT2D eigenvalue weighted by Gasteiger charge is -2.16. The van der Waals surface area contributed by atoms with Gasteiger partial charge in [-0.3, -0.25) is 4.79 Å². The zero-order chi connectivity index (χ0) is 10.7. The molecule has 0 aromatic carbocycles. The standard InChI is InChI=1S/C11H20N2OS/c1-8(11(14)13-9-4-5-9)12-7-10-3-2-6-15-10/h8-10,12H,2-7H2,1H3,(H,13,14). The van der Waals surface area contributed by atoms with Crippen LogP contribution in [0.25, 0.3) is 0 Å². The molecule has 0 aromatic rings. The van der Waals surface area contributed by atoms with E-state index in [1.807, 2.05) is 18.7 Å². The van der Waals surface area contributed by atoms with Crippen LogP contribution in [0.3, 0.4) is 0 Å². The van der Waals surface area contributed by atoms with Crippen molar-refractivity contribution in [1.82, 2.24) is 10.6 Å². The molecule has 0 spiro atoms. The number of nitrogens with one attached hydrogen (secondary N) is 2. The predicted octanol–water partition coefficient (Wildman–Crippen LogP) is 1.14. The summed E-state index contributed by atoms with van der Waals surface area (Å²) in [4.78, 5) is 11.6. The van der Waals surface area contributed by atoms with Gasteiger partial charge in [-0.25, -0.2) is 0 Å². The maximum atomic E-state index is 11.6. The molecule has 1 aliphatic carbocycles. The number of carbonyl (C=O) groups excluding carboxylic acids is 1. The minimum atomic E-state index is -0.0354. The van der Waals surface area contributed by atoms with Crippen LogP contribution in [0.5, 0.6) is 0 Å². The molecule has 15 heavy (non-hydrogen) atoms. The van der Waals surface area contributed by atoms with Crippen LogP contribution in [-0.2, 0) is 4.79 Å². The molecule has 2 aliphatic rings. The highest BCUT2D eigenvalue weighted by molar-refractivity contribution is 8.00. The van der Waals surface area contributed by atoms with Crippen molar-refractivity contribution in [1.29, 1.82) is 0 Å². The molecule has 4 heteroatoms. The topological polar surface area (TPSA) is 41.1 Å². The van der Waals surface area contributed by atoms with Gasteiger partial charge in [-0.05, 0) is 38.4 Å². The molecule has 1 heterocycles. The van der Waals surface area contributed by atoms with Crippen LogP contribution in [0.2, 0.25) is 0 Å². The average Bonchev–Trinajstić information content (AvgIpc) is 2.88. The van der Waals surface area contributed by atoms with Gasteiger partial charge in [0.25, 0.3) is 0 Å². The maximum absolute atomic E-state index is 11.6. The van der Waals surface area contributed by atoms with E-state index in [0.29, 0.717) is 6.04 Å². The fourth-order valence-corrected chi connectivity index (χ4v) is 2.97. The van der Waals surface area contributed by atoms with E-state index in [9.17, 15) is 4.79 Å². The summed E-state index contributed by atoms with van der Waals surface area (Å²) >= 11 is 2.03. The molecule has 3 nitrogen and oxygen atoms in total. The van der Waals surface area contributed by atoms with Gasteiger partial charge < -0.3 is 10.6 Å². The van der Waals surface area contributed by atoms with Crippen LogP contribution in [0.4, 0.5) is 0 Å². The molecule has 2 unspecified atom stereocenters. The normalized spacial score (nSPS) is 27.7. The Hall–Kier alpha value is -0.220. The number of amides is 1. The Balaban J connectivity index is 1.61. The summed E-state index contributed by atoms with van der Waals surface area (Å²) in [6, 6.07) is 0.439. The Labute approximate surface area is 95.8 Å². The molecule has 0 bridgehead atoms. The van der Waals surface area contributed by atoms with E-state index in [4.69, 9.17) is 0 Å². The van der Waals surface area contributed by atoms with Crippen molar-refractivity contribution >= 4 is 17.7 Å². The summed E-state index contributed by atoms with van der Waals surface area (Å²) in [5.74, 6) is 1.45. The van der Waals surface area contributed by atoms with Gasteiger partial charge in [0.15, 0.2) is 0 Å². The third-order valence-electron chi connectivity index (χ3n) is 2.99. The van der Waals surface area contributed by atoms with Crippen LogP contribution in [0.15, 0.2) is 0 Å². The third-order valence-corrected chi connectivity index (χ3v) is 4.39. The molecule has 1 saturated heterocycles. The van der Waals surface area contributed by atoms with E-state index in [-0.39, 0.29) is 11.9 Å². The van der Waals surface area contributed by atoms with Crippen molar-refractivity contribution in [2.24, 2.45) is 0 Å². The minimum Gasteiger partial charge on any atom is -0.352 e. The van der Waals surface area contributed by atoms with E-state index < -0.39 is 0 Å². The summed E-state index contributed by atoms with van der Waals surface area (Å²) in [5, 5.41) is 7.07. The summed E-state index contributed by atoms with van der Waals surface area (Å²) in [6.07, 6.45) is 4.96. The van der Waals surface area contributed by atoms with Crippen molar-refractivity contribution in [2.75, 3.05) is 12.3 Å². The second kappa shape index (κ2) is 5.21. The summed E-state index contributed by atoms with van der Waals surface area (Å²) in [5.41, 5.74) is 0. The van der Waals surface area contributed by atoms with Crippen LogP contribution in [-0.4, -0.2) is 35.5 Å². The lowest BCUT2D eigenvalue weighted by Crippen LogP contribution is -2.44. The van der Waals surface area contributed by atoms with Crippen molar-refractivity contribution in [3.63, 3.8) is 0 Å². The monoisotopic (exact) mass is 228 g/mol. The zero-order valence-electron chi connectivity index (χ0n) is 9.29. The van der Waals surface area contributed by atoms with Crippen LogP contribution in [0.1, 0.15) is 32.6 Å². The molecule has 0 radical (unpaired) electrons. The highest BCUT2D eigenvalue weighted by Crippen LogP contribution is 2.25. The van der Waals surface area contributed by atoms with Gasteiger partial charge in [0.1, 0.15) is 0 Å². The number of hydrogen-bond donors (Lipinski definition) is 2. The molecular weight excluding hydrogens is 208 g/mol. The van der Waals surface area contributed by atoms with Gasteiger partial charge in [-0.1, -0.05) is 0 Å². The minimum absolute atomic E-state index is 0.0354. The van der Waals surface area contributed by atoms with Crippen molar-refractivity contribution < 1.29 is 4.79 Å². The SMILES string of the molecule is CC(NCC1CCCS1)C(=O)NC1CC1. The van der Waals surface area contributed by atoms with E-state index in [1.165, 1.54) is 18.6 Å². The summed E-state index contributed by atoms with van der Waals surface area (Å²) in [6.45, 7) is 2.93. The van der Waals surface area contributed by atoms with Crippen LogP contribution >= 0.6 is 11.8 Å². The average molecular weight is 228 g/mol. The molecule has 0 aromatic heterocycles. The van der Waals surface area contributed by atoms with Gasteiger partial charge in [-0.15, -0.1) is 0 Å². The summed E-state index contributed by atoms with van der Waals surface area (Å²) in [7, 11) is 0. The zero-order valence-corrected chi connectivity index (χ0v) is 10.1. The Bertz CT molecular complexity index is 225. The third kappa shape index (κ3) is 3.68. The van der Waals surface area contributed by atoms with E-state index in [1.54, 1.807) is 0 Å². The van der Waals surface area contributed by atoms with Gasteiger partial charge in [0.05, 0.1) is 6.04 Å². The van der Waals surface area contributed by atoms with E-state index >= 15 is 0 Å². The first-order valence-corrected chi connectivity index (χ1v) is 6.96. The highest BCUT2D eigenvalue weighted by Gasteiger charge is 2.26. The first-order valence-electron chi connectivity index (χ1n) is 5.91.